The van der Waals surface area contributed by atoms with Crippen molar-refractivity contribution in [1.29, 1.82) is 0 Å². The highest BCUT2D eigenvalue weighted by atomic mass is 16.7. The van der Waals surface area contributed by atoms with Gasteiger partial charge in [0.05, 0.1) is 51.8 Å². The molecule has 318 valence electrons. The summed E-state index contributed by atoms with van der Waals surface area (Å²) < 4.78 is 59.5. The average Bonchev–Trinajstić information content (AvgIpc) is 3.31. The van der Waals surface area contributed by atoms with Crippen LogP contribution in [0.25, 0.3) is 10.8 Å². The van der Waals surface area contributed by atoms with Crippen molar-refractivity contribution in [2.24, 2.45) is 0 Å². The zero-order chi connectivity index (χ0) is 41.6. The van der Waals surface area contributed by atoms with Gasteiger partial charge >= 0.3 is 0 Å². The summed E-state index contributed by atoms with van der Waals surface area (Å²) in [6.07, 6.45) is -4.30. The molecule has 2 fully saturated rings. The monoisotopic (exact) mass is 824 g/mol. The Labute approximate surface area is 359 Å². The number of hydrogen-bond donors (Lipinski definition) is 0. The third-order valence-corrected chi connectivity index (χ3v) is 11.3. The summed E-state index contributed by atoms with van der Waals surface area (Å²) in [7, 11) is 1.62. The van der Waals surface area contributed by atoms with Gasteiger partial charge in [0.15, 0.2) is 12.6 Å². The van der Waals surface area contributed by atoms with Gasteiger partial charge in [-0.2, -0.15) is 0 Å². The van der Waals surface area contributed by atoms with Crippen LogP contribution in [0.2, 0.25) is 0 Å². The van der Waals surface area contributed by atoms with Crippen molar-refractivity contribution in [3.8, 4) is 0 Å². The number of hydrogen-bond acceptors (Lipinski definition) is 9. The molecule has 1 unspecified atom stereocenters. The molecule has 0 aliphatic carbocycles. The number of benzene rings is 6. The van der Waals surface area contributed by atoms with Crippen LogP contribution in [0.1, 0.15) is 41.2 Å². The number of fused-ring (bicyclic) bond motifs is 1. The molecule has 0 aromatic heterocycles. The molecule has 0 spiro atoms. The molecule has 6 aromatic carbocycles. The third-order valence-electron chi connectivity index (χ3n) is 11.3. The zero-order valence-electron chi connectivity index (χ0n) is 34.9. The van der Waals surface area contributed by atoms with Gasteiger partial charge in [-0.25, -0.2) is 0 Å². The van der Waals surface area contributed by atoms with Gasteiger partial charge in [0.2, 0.25) is 0 Å². The summed E-state index contributed by atoms with van der Waals surface area (Å²) in [5.41, 5.74) is 5.25. The van der Waals surface area contributed by atoms with Gasteiger partial charge in [-0.05, 0) is 51.6 Å². The first-order valence-corrected chi connectivity index (χ1v) is 21.3. The van der Waals surface area contributed by atoms with Gasteiger partial charge in [-0.15, -0.1) is 0 Å². The fourth-order valence-electron chi connectivity index (χ4n) is 8.08. The molecular formula is C52H56O9. The summed E-state index contributed by atoms with van der Waals surface area (Å²) in [6.45, 7) is 4.03. The van der Waals surface area contributed by atoms with E-state index in [1.54, 1.807) is 7.11 Å². The Morgan fingerprint density at radius 1 is 0.443 bits per heavy atom. The van der Waals surface area contributed by atoms with Crippen LogP contribution < -0.4 is 0 Å². The predicted octanol–water partition coefficient (Wildman–Crippen LogP) is 9.59. The lowest BCUT2D eigenvalue weighted by molar-refractivity contribution is -0.333. The standard InChI is InChI=1S/C52H56O9/c1-37-48(56-31-38-17-7-3-8-18-38)45(54-35-42-27-28-43-25-15-16-26-44(43)29-42)30-47(60-37)55-36-46-49(57-32-39-19-9-4-10-20-39)50(58-33-40-21-11-5-12-22-40)51(52(53-2)61-46)59-34-41-23-13-6-14-24-41/h3-29,37,45-52H,30-36H2,1-2H3/t37-,45-,46+,47?,48-,49+,50-,51+,52+/m0/s1. The topological polar surface area (TPSA) is 83.1 Å². The van der Waals surface area contributed by atoms with Crippen LogP contribution in [0.3, 0.4) is 0 Å². The van der Waals surface area contributed by atoms with Gasteiger partial charge in [0.1, 0.15) is 30.5 Å². The van der Waals surface area contributed by atoms with E-state index in [1.165, 1.54) is 10.8 Å². The first-order chi connectivity index (χ1) is 30.1. The zero-order valence-corrected chi connectivity index (χ0v) is 34.9. The Kier molecular flexibility index (Phi) is 15.4. The Bertz CT molecular complexity index is 2170. The lowest BCUT2D eigenvalue weighted by atomic mass is 9.97. The highest BCUT2D eigenvalue weighted by Crippen LogP contribution is 2.33. The Balaban J connectivity index is 1.01. The first kappa shape index (κ1) is 42.9. The van der Waals surface area contributed by atoms with Crippen LogP contribution >= 0.6 is 0 Å². The molecule has 2 saturated heterocycles. The molecule has 0 N–H and O–H groups in total. The van der Waals surface area contributed by atoms with Gasteiger partial charge in [0, 0.05) is 13.5 Å². The Morgan fingerprint density at radius 2 is 0.918 bits per heavy atom. The number of rotatable bonds is 19. The summed E-state index contributed by atoms with van der Waals surface area (Å²) >= 11 is 0. The van der Waals surface area contributed by atoms with E-state index in [1.807, 2.05) is 116 Å². The molecular weight excluding hydrogens is 769 g/mol. The predicted molar refractivity (Wildman–Crippen MR) is 233 cm³/mol. The van der Waals surface area contributed by atoms with Crippen molar-refractivity contribution >= 4 is 10.8 Å². The summed E-state index contributed by atoms with van der Waals surface area (Å²) in [6, 6.07) is 55.2. The minimum atomic E-state index is -0.769. The molecule has 6 aromatic rings. The van der Waals surface area contributed by atoms with Crippen molar-refractivity contribution in [2.75, 3.05) is 13.7 Å². The fraction of sp³-hybridized carbons (Fsp3) is 0.346. The largest absolute Gasteiger partial charge is 0.371 e. The second kappa shape index (κ2) is 21.8. The molecule has 0 amide bonds. The smallest absolute Gasteiger partial charge is 0.186 e. The van der Waals surface area contributed by atoms with Gasteiger partial charge in [0.25, 0.3) is 0 Å². The van der Waals surface area contributed by atoms with E-state index in [0.717, 1.165) is 27.8 Å². The van der Waals surface area contributed by atoms with E-state index in [2.05, 4.69) is 54.6 Å². The second-order valence-corrected chi connectivity index (χ2v) is 15.7. The maximum Gasteiger partial charge on any atom is 0.186 e. The van der Waals surface area contributed by atoms with Crippen LogP contribution in [0.4, 0.5) is 0 Å². The average molecular weight is 825 g/mol. The highest BCUT2D eigenvalue weighted by Gasteiger charge is 2.49. The normalized spacial score (nSPS) is 25.4. The SMILES string of the molecule is CO[C@@H]1O[C@H](COC2C[C@H](OCc3ccc4ccccc4c3)[C@@H](OCc3ccccc3)[C@H](C)O2)[C@@H](OCc2ccccc2)[C@H](OCc2ccccc2)[C@H]1OCc1ccccc1. The van der Waals surface area contributed by atoms with Crippen LogP contribution in [0, 0.1) is 0 Å². The molecule has 0 radical (unpaired) electrons. The minimum Gasteiger partial charge on any atom is -0.371 e. The van der Waals surface area contributed by atoms with Crippen molar-refractivity contribution in [3.63, 3.8) is 0 Å². The lowest BCUT2D eigenvalue weighted by Crippen LogP contribution is -2.62. The van der Waals surface area contributed by atoms with E-state index in [4.69, 9.17) is 42.6 Å². The summed E-state index contributed by atoms with van der Waals surface area (Å²) in [5, 5.41) is 2.36. The van der Waals surface area contributed by atoms with E-state index in [0.29, 0.717) is 39.5 Å². The first-order valence-electron chi connectivity index (χ1n) is 21.3. The van der Waals surface area contributed by atoms with E-state index in [-0.39, 0.29) is 24.9 Å². The van der Waals surface area contributed by atoms with Crippen molar-refractivity contribution < 1.29 is 42.6 Å². The molecule has 2 aliphatic heterocycles. The second-order valence-electron chi connectivity index (χ2n) is 15.7. The summed E-state index contributed by atoms with van der Waals surface area (Å²) in [4.78, 5) is 0. The van der Waals surface area contributed by atoms with Crippen LogP contribution in [0.5, 0.6) is 0 Å². The third kappa shape index (κ3) is 11.8. The molecule has 61 heavy (non-hydrogen) atoms. The maximum absolute atomic E-state index is 6.80. The molecule has 9 nitrogen and oxygen atoms in total. The van der Waals surface area contributed by atoms with Crippen molar-refractivity contribution in [1.82, 2.24) is 0 Å². The Hall–Kier alpha value is -4.78. The van der Waals surface area contributed by atoms with Gasteiger partial charge < -0.3 is 42.6 Å². The van der Waals surface area contributed by atoms with Gasteiger partial charge in [-0.3, -0.25) is 0 Å². The van der Waals surface area contributed by atoms with E-state index >= 15 is 0 Å². The molecule has 2 heterocycles. The molecule has 2 aliphatic rings. The lowest BCUT2D eigenvalue weighted by Gasteiger charge is -2.46. The number of ether oxygens (including phenoxy) is 9. The Morgan fingerprint density at radius 3 is 1.48 bits per heavy atom. The van der Waals surface area contributed by atoms with Crippen LogP contribution in [0.15, 0.2) is 164 Å². The van der Waals surface area contributed by atoms with Crippen molar-refractivity contribution in [2.45, 2.75) is 102 Å². The molecule has 0 bridgehead atoms. The molecule has 9 heteroatoms. The maximum atomic E-state index is 6.80. The fourth-order valence-corrected chi connectivity index (χ4v) is 8.08. The highest BCUT2D eigenvalue weighted by molar-refractivity contribution is 5.82. The quantitative estimate of drug-likeness (QED) is 0.0794. The minimum absolute atomic E-state index is 0.139. The molecule has 9 atom stereocenters. The van der Waals surface area contributed by atoms with E-state index in [9.17, 15) is 0 Å². The number of methoxy groups -OCH3 is 1. The molecule has 8 rings (SSSR count). The van der Waals surface area contributed by atoms with Crippen LogP contribution in [-0.2, 0) is 75.7 Å². The van der Waals surface area contributed by atoms with Crippen LogP contribution in [-0.4, -0.2) is 69.0 Å². The van der Waals surface area contributed by atoms with Gasteiger partial charge in [-0.1, -0.05) is 158 Å². The summed E-state index contributed by atoms with van der Waals surface area (Å²) in [5.74, 6) is 0. The van der Waals surface area contributed by atoms with E-state index < -0.39 is 37.0 Å². The molecule has 0 saturated carbocycles. The van der Waals surface area contributed by atoms with Crippen molar-refractivity contribution in [3.05, 3.63) is 192 Å².